The molecule has 1 amide bonds. The number of rotatable bonds is 5. The Labute approximate surface area is 108 Å². The van der Waals surface area contributed by atoms with Crippen LogP contribution in [0.1, 0.15) is 5.56 Å². The van der Waals surface area contributed by atoms with Crippen LogP contribution in [0.4, 0.5) is 0 Å². The van der Waals surface area contributed by atoms with Crippen LogP contribution in [0.5, 0.6) is 0 Å². The standard InChI is InChI=1S/C14H21N3O/c18-14(12-17-10-8-15-9-11-17)16-7-6-13-4-2-1-3-5-13/h1-5,15H,6-12H2,(H,16,18). The van der Waals surface area contributed by atoms with Gasteiger partial charge in [0.25, 0.3) is 0 Å². The molecule has 0 bridgehead atoms. The third kappa shape index (κ3) is 4.47. The summed E-state index contributed by atoms with van der Waals surface area (Å²) in [4.78, 5) is 13.9. The summed E-state index contributed by atoms with van der Waals surface area (Å²) >= 11 is 0. The number of nitrogens with zero attached hydrogens (tertiary/aromatic N) is 1. The summed E-state index contributed by atoms with van der Waals surface area (Å²) in [6.45, 7) is 5.14. The maximum Gasteiger partial charge on any atom is 0.234 e. The zero-order chi connectivity index (χ0) is 12.6. The highest BCUT2D eigenvalue weighted by atomic mass is 16.2. The maximum atomic E-state index is 11.7. The van der Waals surface area contributed by atoms with E-state index in [-0.39, 0.29) is 5.91 Å². The molecule has 2 rings (SSSR count). The fraction of sp³-hybridized carbons (Fsp3) is 0.500. The number of nitrogens with one attached hydrogen (secondary N) is 2. The molecule has 18 heavy (non-hydrogen) atoms. The molecule has 1 fully saturated rings. The Balaban J connectivity index is 1.62. The molecule has 0 atom stereocenters. The molecule has 1 aliphatic heterocycles. The Morgan fingerprint density at radius 2 is 1.94 bits per heavy atom. The van der Waals surface area contributed by atoms with Crippen LogP contribution in [0.25, 0.3) is 0 Å². The van der Waals surface area contributed by atoms with E-state index in [0.29, 0.717) is 6.54 Å². The van der Waals surface area contributed by atoms with Gasteiger partial charge in [-0.3, -0.25) is 9.69 Å². The molecular formula is C14H21N3O. The molecule has 0 saturated carbocycles. The summed E-state index contributed by atoms with van der Waals surface area (Å²) in [5.41, 5.74) is 1.26. The Morgan fingerprint density at radius 3 is 2.67 bits per heavy atom. The van der Waals surface area contributed by atoms with E-state index in [4.69, 9.17) is 0 Å². The second-order valence-corrected chi connectivity index (χ2v) is 4.61. The molecule has 0 spiro atoms. The molecule has 4 nitrogen and oxygen atoms in total. The van der Waals surface area contributed by atoms with E-state index in [1.165, 1.54) is 5.56 Å². The van der Waals surface area contributed by atoms with Crippen LogP contribution in [0.2, 0.25) is 0 Å². The summed E-state index contributed by atoms with van der Waals surface area (Å²) in [5.74, 6) is 0.132. The first kappa shape index (κ1) is 13.1. The average Bonchev–Trinajstić information content (AvgIpc) is 2.41. The van der Waals surface area contributed by atoms with Crippen molar-refractivity contribution in [1.82, 2.24) is 15.5 Å². The minimum absolute atomic E-state index is 0.132. The Morgan fingerprint density at radius 1 is 1.22 bits per heavy atom. The van der Waals surface area contributed by atoms with E-state index < -0.39 is 0 Å². The second kappa shape index (κ2) is 7.13. The predicted molar refractivity (Wildman–Crippen MR) is 72.5 cm³/mol. The monoisotopic (exact) mass is 247 g/mol. The highest BCUT2D eigenvalue weighted by molar-refractivity contribution is 5.78. The Bertz CT molecular complexity index is 361. The van der Waals surface area contributed by atoms with Gasteiger partial charge in [0.05, 0.1) is 6.54 Å². The van der Waals surface area contributed by atoms with Crippen LogP contribution in [0, 0.1) is 0 Å². The Hall–Kier alpha value is -1.39. The molecule has 0 radical (unpaired) electrons. The van der Waals surface area contributed by atoms with Gasteiger partial charge in [0, 0.05) is 32.7 Å². The molecule has 0 aromatic heterocycles. The van der Waals surface area contributed by atoms with Crippen LogP contribution in [0.15, 0.2) is 30.3 Å². The van der Waals surface area contributed by atoms with Crippen LogP contribution in [-0.2, 0) is 11.2 Å². The molecule has 98 valence electrons. The van der Waals surface area contributed by atoms with Crippen molar-refractivity contribution in [2.45, 2.75) is 6.42 Å². The van der Waals surface area contributed by atoms with E-state index in [9.17, 15) is 4.79 Å². The van der Waals surface area contributed by atoms with Gasteiger partial charge in [-0.25, -0.2) is 0 Å². The third-order valence-electron chi connectivity index (χ3n) is 3.16. The van der Waals surface area contributed by atoms with Gasteiger partial charge >= 0.3 is 0 Å². The van der Waals surface area contributed by atoms with Crippen molar-refractivity contribution in [2.75, 3.05) is 39.3 Å². The second-order valence-electron chi connectivity index (χ2n) is 4.61. The SMILES string of the molecule is O=C(CN1CCNCC1)NCCc1ccccc1. The lowest BCUT2D eigenvalue weighted by Gasteiger charge is -2.26. The molecule has 1 heterocycles. The lowest BCUT2D eigenvalue weighted by molar-refractivity contribution is -0.122. The average molecular weight is 247 g/mol. The zero-order valence-electron chi connectivity index (χ0n) is 10.7. The van der Waals surface area contributed by atoms with Crippen molar-refractivity contribution < 1.29 is 4.79 Å². The number of benzene rings is 1. The summed E-state index contributed by atoms with van der Waals surface area (Å²) in [6.07, 6.45) is 0.897. The minimum atomic E-state index is 0.132. The fourth-order valence-electron chi connectivity index (χ4n) is 2.12. The fourth-order valence-corrected chi connectivity index (χ4v) is 2.12. The van der Waals surface area contributed by atoms with Crippen LogP contribution < -0.4 is 10.6 Å². The summed E-state index contributed by atoms with van der Waals surface area (Å²) in [7, 11) is 0. The quantitative estimate of drug-likeness (QED) is 0.784. The van der Waals surface area contributed by atoms with Gasteiger partial charge in [-0.15, -0.1) is 0 Å². The molecular weight excluding hydrogens is 226 g/mol. The zero-order valence-corrected chi connectivity index (χ0v) is 10.7. The van der Waals surface area contributed by atoms with Gasteiger partial charge < -0.3 is 10.6 Å². The lowest BCUT2D eigenvalue weighted by atomic mass is 10.1. The van der Waals surface area contributed by atoms with Crippen LogP contribution >= 0.6 is 0 Å². The maximum absolute atomic E-state index is 11.7. The molecule has 4 heteroatoms. The topological polar surface area (TPSA) is 44.4 Å². The van der Waals surface area contributed by atoms with E-state index in [0.717, 1.165) is 39.1 Å². The van der Waals surface area contributed by atoms with E-state index >= 15 is 0 Å². The van der Waals surface area contributed by atoms with Gasteiger partial charge in [0.1, 0.15) is 0 Å². The van der Waals surface area contributed by atoms with E-state index in [1.54, 1.807) is 0 Å². The molecule has 1 saturated heterocycles. The largest absolute Gasteiger partial charge is 0.355 e. The van der Waals surface area contributed by atoms with E-state index in [2.05, 4.69) is 27.7 Å². The van der Waals surface area contributed by atoms with E-state index in [1.807, 2.05) is 18.2 Å². The van der Waals surface area contributed by atoms with Crippen LogP contribution in [-0.4, -0.2) is 50.1 Å². The highest BCUT2D eigenvalue weighted by Gasteiger charge is 2.12. The molecule has 2 N–H and O–H groups in total. The van der Waals surface area contributed by atoms with Crippen molar-refractivity contribution in [2.24, 2.45) is 0 Å². The first-order chi connectivity index (χ1) is 8.84. The summed E-state index contributed by atoms with van der Waals surface area (Å²) < 4.78 is 0. The van der Waals surface area contributed by atoms with Crippen molar-refractivity contribution in [3.05, 3.63) is 35.9 Å². The number of piperazine rings is 1. The van der Waals surface area contributed by atoms with Gasteiger partial charge in [-0.05, 0) is 12.0 Å². The lowest BCUT2D eigenvalue weighted by Crippen LogP contribution is -2.47. The third-order valence-corrected chi connectivity index (χ3v) is 3.16. The highest BCUT2D eigenvalue weighted by Crippen LogP contribution is 1.98. The number of hydrogen-bond acceptors (Lipinski definition) is 3. The minimum Gasteiger partial charge on any atom is -0.355 e. The van der Waals surface area contributed by atoms with Crippen molar-refractivity contribution in [3.63, 3.8) is 0 Å². The Kier molecular flexibility index (Phi) is 5.17. The first-order valence-corrected chi connectivity index (χ1v) is 6.58. The molecule has 1 aliphatic rings. The van der Waals surface area contributed by atoms with Crippen molar-refractivity contribution in [3.8, 4) is 0 Å². The van der Waals surface area contributed by atoms with Crippen LogP contribution in [0.3, 0.4) is 0 Å². The van der Waals surface area contributed by atoms with Gasteiger partial charge in [0.2, 0.25) is 5.91 Å². The van der Waals surface area contributed by atoms with Gasteiger partial charge in [-0.2, -0.15) is 0 Å². The van der Waals surface area contributed by atoms with Gasteiger partial charge in [0.15, 0.2) is 0 Å². The smallest absolute Gasteiger partial charge is 0.234 e. The van der Waals surface area contributed by atoms with Crippen molar-refractivity contribution in [1.29, 1.82) is 0 Å². The number of amides is 1. The predicted octanol–water partition coefficient (Wildman–Crippen LogP) is 0.251. The van der Waals surface area contributed by atoms with Gasteiger partial charge in [-0.1, -0.05) is 30.3 Å². The van der Waals surface area contributed by atoms with Crippen molar-refractivity contribution >= 4 is 5.91 Å². The number of carbonyl (C=O) groups excluding carboxylic acids is 1. The molecule has 1 aromatic rings. The summed E-state index contributed by atoms with van der Waals surface area (Å²) in [6, 6.07) is 10.2. The number of hydrogen-bond donors (Lipinski definition) is 2. The number of carbonyl (C=O) groups is 1. The molecule has 0 aliphatic carbocycles. The molecule has 1 aromatic carbocycles. The first-order valence-electron chi connectivity index (χ1n) is 6.58. The molecule has 0 unspecified atom stereocenters. The normalized spacial score (nSPS) is 16.4. The summed E-state index contributed by atoms with van der Waals surface area (Å²) in [5, 5.41) is 6.26.